The van der Waals surface area contributed by atoms with E-state index in [0.717, 1.165) is 13.1 Å². The van der Waals surface area contributed by atoms with Gasteiger partial charge in [-0.25, -0.2) is 4.79 Å². The lowest BCUT2D eigenvalue weighted by molar-refractivity contribution is -0.134. The molecule has 1 aliphatic heterocycles. The number of nitrogens with zero attached hydrogens (tertiary/aromatic N) is 2. The van der Waals surface area contributed by atoms with Crippen LogP contribution in [-0.4, -0.2) is 59.5 Å². The van der Waals surface area contributed by atoms with E-state index < -0.39 is 5.97 Å². The second-order valence-electron chi connectivity index (χ2n) is 5.34. The van der Waals surface area contributed by atoms with Gasteiger partial charge in [-0.1, -0.05) is 18.2 Å². The number of hydrogen-bond acceptors (Lipinski definition) is 3. The minimum Gasteiger partial charge on any atom is -0.478 e. The Labute approximate surface area is 118 Å². The lowest BCUT2D eigenvalue weighted by Gasteiger charge is -2.38. The van der Waals surface area contributed by atoms with Crippen LogP contribution in [0.4, 0.5) is 0 Å². The van der Waals surface area contributed by atoms with Gasteiger partial charge in [0.1, 0.15) is 0 Å². The summed E-state index contributed by atoms with van der Waals surface area (Å²) in [5, 5.41) is 9.14. The maximum Gasteiger partial charge on any atom is 0.335 e. The molecule has 1 N–H and O–H groups in total. The first-order valence-electron chi connectivity index (χ1n) is 6.78. The summed E-state index contributed by atoms with van der Waals surface area (Å²) < 4.78 is 0. The normalized spacial score (nSPS) is 19.9. The summed E-state index contributed by atoms with van der Waals surface area (Å²) in [6, 6.07) is 6.86. The second kappa shape index (κ2) is 6.05. The van der Waals surface area contributed by atoms with Crippen molar-refractivity contribution in [1.82, 2.24) is 9.80 Å². The van der Waals surface area contributed by atoms with Gasteiger partial charge in [0.25, 0.3) is 0 Å². The van der Waals surface area contributed by atoms with Crippen LogP contribution in [0.1, 0.15) is 22.8 Å². The number of carbonyl (C=O) groups is 2. The number of carbonyl (C=O) groups excluding carboxylic acids is 1. The molecule has 1 saturated heterocycles. The number of carboxylic acid groups (broad SMARTS) is 1. The molecular formula is C15H20N2O3. The average Bonchev–Trinajstić information content (AvgIpc) is 2.38. The monoisotopic (exact) mass is 276 g/mol. The van der Waals surface area contributed by atoms with Crippen molar-refractivity contribution in [3.8, 4) is 0 Å². The molecule has 1 atom stereocenters. The van der Waals surface area contributed by atoms with Crippen molar-refractivity contribution in [2.45, 2.75) is 19.4 Å². The fourth-order valence-electron chi connectivity index (χ4n) is 2.66. The van der Waals surface area contributed by atoms with E-state index in [2.05, 4.69) is 4.90 Å². The number of piperazine rings is 1. The lowest BCUT2D eigenvalue weighted by Crippen LogP contribution is -2.53. The van der Waals surface area contributed by atoms with Gasteiger partial charge < -0.3 is 14.9 Å². The highest BCUT2D eigenvalue weighted by Gasteiger charge is 2.26. The Hall–Kier alpha value is -1.88. The van der Waals surface area contributed by atoms with Gasteiger partial charge >= 0.3 is 5.97 Å². The van der Waals surface area contributed by atoms with Crippen LogP contribution >= 0.6 is 0 Å². The first-order chi connectivity index (χ1) is 9.49. The van der Waals surface area contributed by atoms with Crippen LogP contribution in [0, 0.1) is 0 Å². The Morgan fingerprint density at radius 1 is 1.30 bits per heavy atom. The molecule has 1 heterocycles. The number of amides is 1. The van der Waals surface area contributed by atoms with Gasteiger partial charge in [-0.3, -0.25) is 4.79 Å². The Balaban J connectivity index is 2.10. The predicted octanol–water partition coefficient (Wildman–Crippen LogP) is 1.09. The molecule has 1 fully saturated rings. The van der Waals surface area contributed by atoms with E-state index in [1.54, 1.807) is 24.3 Å². The van der Waals surface area contributed by atoms with E-state index in [0.29, 0.717) is 12.1 Å². The predicted molar refractivity (Wildman–Crippen MR) is 75.8 cm³/mol. The standard InChI is InChI=1S/C15H20N2O3/c1-11-10-16(2)7-8-17(11)14(18)9-12-5-3-4-6-13(12)15(19)20/h3-6,11H,7-10H2,1-2H3,(H,19,20). The summed E-state index contributed by atoms with van der Waals surface area (Å²) in [6.07, 6.45) is 0.149. The largest absolute Gasteiger partial charge is 0.478 e. The zero-order chi connectivity index (χ0) is 14.7. The van der Waals surface area contributed by atoms with Gasteiger partial charge in [-0.2, -0.15) is 0 Å². The number of hydrogen-bond donors (Lipinski definition) is 1. The molecule has 5 heteroatoms. The first kappa shape index (κ1) is 14.5. The van der Waals surface area contributed by atoms with Crippen molar-refractivity contribution in [1.29, 1.82) is 0 Å². The van der Waals surface area contributed by atoms with Crippen LogP contribution in [0.15, 0.2) is 24.3 Å². The summed E-state index contributed by atoms with van der Waals surface area (Å²) in [5.41, 5.74) is 0.791. The number of likely N-dealkylation sites (N-methyl/N-ethyl adjacent to an activating group) is 1. The molecule has 1 aromatic rings. The van der Waals surface area contributed by atoms with E-state index in [1.165, 1.54) is 0 Å². The summed E-state index contributed by atoms with van der Waals surface area (Å²) in [4.78, 5) is 27.6. The number of rotatable bonds is 3. The van der Waals surface area contributed by atoms with Crippen LogP contribution in [0.3, 0.4) is 0 Å². The highest BCUT2D eigenvalue weighted by atomic mass is 16.4. The topological polar surface area (TPSA) is 60.9 Å². The average molecular weight is 276 g/mol. The van der Waals surface area contributed by atoms with Crippen molar-refractivity contribution < 1.29 is 14.7 Å². The minimum atomic E-state index is -0.986. The maximum atomic E-state index is 12.4. The number of carboxylic acids is 1. The molecule has 0 aromatic heterocycles. The van der Waals surface area contributed by atoms with Crippen molar-refractivity contribution in [2.24, 2.45) is 0 Å². The van der Waals surface area contributed by atoms with Gasteiger partial charge in [0.15, 0.2) is 0 Å². The SMILES string of the molecule is CC1CN(C)CCN1C(=O)Cc1ccccc1C(=O)O. The molecule has 1 aliphatic rings. The Morgan fingerprint density at radius 3 is 2.65 bits per heavy atom. The van der Waals surface area contributed by atoms with Gasteiger partial charge in [0.05, 0.1) is 12.0 Å². The van der Waals surface area contributed by atoms with E-state index >= 15 is 0 Å². The quantitative estimate of drug-likeness (QED) is 0.897. The van der Waals surface area contributed by atoms with Crippen LogP contribution in [0.5, 0.6) is 0 Å². The smallest absolute Gasteiger partial charge is 0.335 e. The second-order valence-corrected chi connectivity index (χ2v) is 5.34. The summed E-state index contributed by atoms with van der Waals surface area (Å²) in [6.45, 7) is 4.44. The summed E-state index contributed by atoms with van der Waals surface area (Å²) in [5.74, 6) is -0.987. The summed E-state index contributed by atoms with van der Waals surface area (Å²) >= 11 is 0. The van der Waals surface area contributed by atoms with E-state index in [4.69, 9.17) is 5.11 Å². The first-order valence-corrected chi connectivity index (χ1v) is 6.78. The Morgan fingerprint density at radius 2 is 2.00 bits per heavy atom. The molecule has 0 bridgehead atoms. The van der Waals surface area contributed by atoms with E-state index in [9.17, 15) is 9.59 Å². The van der Waals surface area contributed by atoms with E-state index in [-0.39, 0.29) is 23.9 Å². The van der Waals surface area contributed by atoms with Crippen molar-refractivity contribution in [2.75, 3.05) is 26.7 Å². The molecule has 0 radical (unpaired) electrons. The van der Waals surface area contributed by atoms with Crippen molar-refractivity contribution in [3.63, 3.8) is 0 Å². The van der Waals surface area contributed by atoms with Gasteiger partial charge in [0.2, 0.25) is 5.91 Å². The molecule has 1 amide bonds. The van der Waals surface area contributed by atoms with Crippen molar-refractivity contribution >= 4 is 11.9 Å². The molecule has 0 saturated carbocycles. The third-order valence-corrected chi connectivity index (χ3v) is 3.74. The third kappa shape index (κ3) is 3.17. The van der Waals surface area contributed by atoms with Crippen molar-refractivity contribution in [3.05, 3.63) is 35.4 Å². The molecule has 108 valence electrons. The molecule has 0 spiro atoms. The van der Waals surface area contributed by atoms with Gasteiger partial charge in [0, 0.05) is 25.7 Å². The highest BCUT2D eigenvalue weighted by Crippen LogP contribution is 2.14. The highest BCUT2D eigenvalue weighted by molar-refractivity contribution is 5.91. The van der Waals surface area contributed by atoms with Crippen LogP contribution < -0.4 is 0 Å². The molecule has 2 rings (SSSR count). The fourth-order valence-corrected chi connectivity index (χ4v) is 2.66. The minimum absolute atomic E-state index is 0.000648. The van der Waals surface area contributed by atoms with Gasteiger partial charge in [-0.05, 0) is 25.6 Å². The molecule has 5 nitrogen and oxygen atoms in total. The zero-order valence-corrected chi connectivity index (χ0v) is 11.9. The zero-order valence-electron chi connectivity index (χ0n) is 11.9. The lowest BCUT2D eigenvalue weighted by atomic mass is 10.0. The number of aromatic carboxylic acids is 1. The van der Waals surface area contributed by atoms with Crippen LogP contribution in [0.25, 0.3) is 0 Å². The molecular weight excluding hydrogens is 256 g/mol. The summed E-state index contributed by atoms with van der Waals surface area (Å²) in [7, 11) is 2.04. The molecule has 20 heavy (non-hydrogen) atoms. The third-order valence-electron chi connectivity index (χ3n) is 3.74. The molecule has 1 aromatic carbocycles. The van der Waals surface area contributed by atoms with Gasteiger partial charge in [-0.15, -0.1) is 0 Å². The van der Waals surface area contributed by atoms with E-state index in [1.807, 2.05) is 18.9 Å². The molecule has 0 aliphatic carbocycles. The fraction of sp³-hybridized carbons (Fsp3) is 0.467. The number of benzene rings is 1. The van der Waals surface area contributed by atoms with Crippen LogP contribution in [-0.2, 0) is 11.2 Å². The van der Waals surface area contributed by atoms with Crippen LogP contribution in [0.2, 0.25) is 0 Å². The maximum absolute atomic E-state index is 12.4. The Bertz CT molecular complexity index is 516. The molecule has 1 unspecified atom stereocenters. The Kier molecular flexibility index (Phi) is 4.39.